The highest BCUT2D eigenvalue weighted by atomic mass is 19.1. The van der Waals surface area contributed by atoms with Gasteiger partial charge in [-0.3, -0.25) is 9.48 Å². The molecule has 2 aromatic heterocycles. The molecule has 0 N–H and O–H groups in total. The lowest BCUT2D eigenvalue weighted by molar-refractivity contribution is 0.0729. The molecule has 7 nitrogen and oxygen atoms in total. The van der Waals surface area contributed by atoms with Crippen LogP contribution in [0.2, 0.25) is 0 Å². The summed E-state index contributed by atoms with van der Waals surface area (Å²) in [4.78, 5) is 14.4. The van der Waals surface area contributed by atoms with Crippen LogP contribution in [-0.2, 0) is 27.1 Å². The van der Waals surface area contributed by atoms with Crippen molar-refractivity contribution < 1.29 is 9.18 Å². The first-order chi connectivity index (χ1) is 12.1. The number of hydrogen-bond donors (Lipinski definition) is 0. The third-order valence-electron chi connectivity index (χ3n) is 4.56. The molecule has 3 heterocycles. The van der Waals surface area contributed by atoms with E-state index >= 15 is 0 Å². The highest BCUT2D eigenvalue weighted by molar-refractivity contribution is 5.94. The van der Waals surface area contributed by atoms with Crippen LogP contribution in [-0.4, -0.2) is 41.9 Å². The Morgan fingerprint density at radius 2 is 2.04 bits per heavy atom. The zero-order chi connectivity index (χ0) is 17.6. The average molecular weight is 340 g/mol. The normalized spacial score (nSPS) is 13.8. The van der Waals surface area contributed by atoms with Crippen LogP contribution in [0, 0.1) is 5.82 Å². The maximum Gasteiger partial charge on any atom is 0.257 e. The second-order valence-electron chi connectivity index (χ2n) is 6.12. The minimum absolute atomic E-state index is 0.0926. The third-order valence-corrected chi connectivity index (χ3v) is 4.56. The van der Waals surface area contributed by atoms with Crippen molar-refractivity contribution in [2.75, 3.05) is 6.54 Å². The van der Waals surface area contributed by atoms with Gasteiger partial charge in [0.05, 0.1) is 12.1 Å². The Balaban J connectivity index is 1.71. The van der Waals surface area contributed by atoms with E-state index in [4.69, 9.17) is 0 Å². The predicted molar refractivity (Wildman–Crippen MR) is 88.0 cm³/mol. The fourth-order valence-corrected chi connectivity index (χ4v) is 3.25. The minimum Gasteiger partial charge on any atom is -0.334 e. The van der Waals surface area contributed by atoms with E-state index in [0.29, 0.717) is 31.0 Å². The number of nitrogens with zero attached hydrogens (tertiary/aromatic N) is 6. The number of halogens is 1. The van der Waals surface area contributed by atoms with E-state index in [9.17, 15) is 9.18 Å². The van der Waals surface area contributed by atoms with Gasteiger partial charge in [-0.1, -0.05) is 12.1 Å². The molecule has 1 amide bonds. The molecule has 0 fully saturated rings. The summed E-state index contributed by atoms with van der Waals surface area (Å²) in [5, 5.41) is 12.6. The first kappa shape index (κ1) is 15.5. The van der Waals surface area contributed by atoms with E-state index in [1.807, 2.05) is 18.8 Å². The van der Waals surface area contributed by atoms with Crippen molar-refractivity contribution in [3.63, 3.8) is 0 Å². The van der Waals surface area contributed by atoms with Gasteiger partial charge in [-0.05, 0) is 12.1 Å². The zero-order valence-electron chi connectivity index (χ0n) is 14.0. The van der Waals surface area contributed by atoms with Gasteiger partial charge in [-0.15, -0.1) is 10.2 Å². The fourth-order valence-electron chi connectivity index (χ4n) is 3.25. The summed E-state index contributed by atoms with van der Waals surface area (Å²) in [6.45, 7) is 0.899. The van der Waals surface area contributed by atoms with E-state index in [-0.39, 0.29) is 11.5 Å². The van der Waals surface area contributed by atoms with Crippen LogP contribution in [0.15, 0.2) is 30.6 Å². The van der Waals surface area contributed by atoms with Gasteiger partial charge < -0.3 is 9.47 Å². The number of benzene rings is 1. The molecule has 8 heteroatoms. The fraction of sp³-hybridized carbons (Fsp3) is 0.294. The van der Waals surface area contributed by atoms with Crippen molar-refractivity contribution in [2.24, 2.45) is 14.1 Å². The topological polar surface area (TPSA) is 68.8 Å². The zero-order valence-corrected chi connectivity index (χ0v) is 14.0. The van der Waals surface area contributed by atoms with Crippen molar-refractivity contribution >= 4 is 5.91 Å². The first-order valence-electron chi connectivity index (χ1n) is 7.99. The van der Waals surface area contributed by atoms with Crippen LogP contribution < -0.4 is 0 Å². The number of aryl methyl sites for hydroxylation is 2. The Bertz CT molecular complexity index is 960. The summed E-state index contributed by atoms with van der Waals surface area (Å²) < 4.78 is 17.6. The molecule has 128 valence electrons. The van der Waals surface area contributed by atoms with Crippen molar-refractivity contribution in [3.8, 4) is 11.5 Å². The maximum atomic E-state index is 14.0. The standard InChI is InChI=1S/C17H17FN6O/c1-22-10-19-20-16(22)15-12-9-24(8-7-14(12)23(2)21-15)17(25)11-5-3-4-6-13(11)18/h3-6,10H,7-9H2,1-2H3. The van der Waals surface area contributed by atoms with Crippen molar-refractivity contribution in [1.82, 2.24) is 29.4 Å². The van der Waals surface area contributed by atoms with Gasteiger partial charge in [0, 0.05) is 38.3 Å². The van der Waals surface area contributed by atoms with Crippen LogP contribution >= 0.6 is 0 Å². The molecule has 0 unspecified atom stereocenters. The Hall–Kier alpha value is -3.03. The number of aromatic nitrogens is 5. The molecule has 4 rings (SSSR count). The van der Waals surface area contributed by atoms with Gasteiger partial charge in [0.15, 0.2) is 5.82 Å². The molecule has 0 saturated heterocycles. The minimum atomic E-state index is -0.502. The molecule has 1 aliphatic heterocycles. The van der Waals surface area contributed by atoms with E-state index in [0.717, 1.165) is 11.3 Å². The highest BCUT2D eigenvalue weighted by Crippen LogP contribution is 2.29. The quantitative estimate of drug-likeness (QED) is 0.710. The van der Waals surface area contributed by atoms with Crippen LogP contribution in [0.3, 0.4) is 0 Å². The van der Waals surface area contributed by atoms with Crippen LogP contribution in [0.4, 0.5) is 4.39 Å². The number of amides is 1. The van der Waals surface area contributed by atoms with Crippen molar-refractivity contribution in [2.45, 2.75) is 13.0 Å². The maximum absolute atomic E-state index is 14.0. The Labute approximate surface area is 143 Å². The Kier molecular flexibility index (Phi) is 3.60. The molecule has 1 aliphatic rings. The first-order valence-corrected chi connectivity index (χ1v) is 7.99. The Morgan fingerprint density at radius 1 is 1.24 bits per heavy atom. The molecule has 0 spiro atoms. The number of carbonyl (C=O) groups excluding carboxylic acids is 1. The largest absolute Gasteiger partial charge is 0.334 e. The molecule has 0 aliphatic carbocycles. The Morgan fingerprint density at radius 3 is 2.76 bits per heavy atom. The molecule has 0 radical (unpaired) electrons. The molecule has 25 heavy (non-hydrogen) atoms. The molecule has 0 saturated carbocycles. The molecule has 1 aromatic carbocycles. The van der Waals surface area contributed by atoms with Gasteiger partial charge in [-0.2, -0.15) is 5.10 Å². The number of rotatable bonds is 2. The lowest BCUT2D eigenvalue weighted by Crippen LogP contribution is -2.36. The van der Waals surface area contributed by atoms with Gasteiger partial charge >= 0.3 is 0 Å². The van der Waals surface area contributed by atoms with Gasteiger partial charge in [0.1, 0.15) is 17.8 Å². The van der Waals surface area contributed by atoms with Crippen molar-refractivity contribution in [3.05, 3.63) is 53.2 Å². The summed E-state index contributed by atoms with van der Waals surface area (Å²) in [5.41, 5.74) is 2.81. The van der Waals surface area contributed by atoms with E-state index in [2.05, 4.69) is 15.3 Å². The van der Waals surface area contributed by atoms with Crippen LogP contribution in [0.1, 0.15) is 21.6 Å². The van der Waals surface area contributed by atoms with Gasteiger partial charge in [0.25, 0.3) is 5.91 Å². The smallest absolute Gasteiger partial charge is 0.257 e. The van der Waals surface area contributed by atoms with Crippen molar-refractivity contribution in [1.29, 1.82) is 0 Å². The number of carbonyl (C=O) groups is 1. The summed E-state index contributed by atoms with van der Waals surface area (Å²) in [7, 11) is 3.73. The lowest BCUT2D eigenvalue weighted by Gasteiger charge is -2.27. The molecule has 0 bridgehead atoms. The summed E-state index contributed by atoms with van der Waals surface area (Å²) in [6.07, 6.45) is 2.28. The van der Waals surface area contributed by atoms with Crippen LogP contribution in [0.5, 0.6) is 0 Å². The van der Waals surface area contributed by atoms with E-state index in [1.54, 1.807) is 27.9 Å². The average Bonchev–Trinajstić information content (AvgIpc) is 3.17. The summed E-state index contributed by atoms with van der Waals surface area (Å²) in [5.74, 6) is -0.161. The third kappa shape index (κ3) is 2.50. The van der Waals surface area contributed by atoms with E-state index < -0.39 is 5.82 Å². The predicted octanol–water partition coefficient (Wildman–Crippen LogP) is 1.55. The summed E-state index contributed by atoms with van der Waals surface area (Å²) >= 11 is 0. The highest BCUT2D eigenvalue weighted by Gasteiger charge is 2.29. The number of fused-ring (bicyclic) bond motifs is 1. The molecular weight excluding hydrogens is 323 g/mol. The molecule has 0 atom stereocenters. The van der Waals surface area contributed by atoms with E-state index in [1.165, 1.54) is 12.1 Å². The van der Waals surface area contributed by atoms with Crippen LogP contribution in [0.25, 0.3) is 11.5 Å². The van der Waals surface area contributed by atoms with Gasteiger partial charge in [0.2, 0.25) is 0 Å². The van der Waals surface area contributed by atoms with Gasteiger partial charge in [-0.25, -0.2) is 4.39 Å². The second kappa shape index (κ2) is 5.80. The molecule has 3 aromatic rings. The lowest BCUT2D eigenvalue weighted by atomic mass is 10.0. The second-order valence-corrected chi connectivity index (χ2v) is 6.12. The monoisotopic (exact) mass is 340 g/mol. The number of hydrogen-bond acceptors (Lipinski definition) is 4. The summed E-state index contributed by atoms with van der Waals surface area (Å²) in [6, 6.07) is 6.06. The molecular formula is C17H17FN6O. The SMILES string of the molecule is Cn1cnnc1-c1nn(C)c2c1CN(C(=O)c1ccccc1F)CC2.